The first-order chi connectivity index (χ1) is 7.18. The number of ketones is 1. The Kier molecular flexibility index (Phi) is 5.72. The van der Waals surface area contributed by atoms with E-state index in [0.717, 1.165) is 0 Å². The first-order valence-corrected chi connectivity index (χ1v) is 6.10. The number of hydrogen-bond acceptors (Lipinski definition) is 2. The molecule has 0 aliphatic carbocycles. The second-order valence-corrected chi connectivity index (χ2v) is 6.25. The third kappa shape index (κ3) is 5.30. The summed E-state index contributed by atoms with van der Waals surface area (Å²) in [7, 11) is 0. The number of nitrogens with zero attached hydrogens (tertiary/aromatic N) is 1. The second kappa shape index (κ2) is 6.03. The Morgan fingerprint density at radius 2 is 1.75 bits per heavy atom. The van der Waals surface area contributed by atoms with Gasteiger partial charge in [-0.1, -0.05) is 41.5 Å². The van der Waals surface area contributed by atoms with Crippen molar-refractivity contribution in [1.29, 1.82) is 5.26 Å². The number of nitriles is 1. The van der Waals surface area contributed by atoms with E-state index in [1.165, 1.54) is 0 Å². The van der Waals surface area contributed by atoms with Gasteiger partial charge in [0.2, 0.25) is 0 Å². The molecule has 0 aromatic rings. The fourth-order valence-corrected chi connectivity index (χ4v) is 1.48. The van der Waals surface area contributed by atoms with Crippen LogP contribution in [0.4, 0.5) is 0 Å². The maximum Gasteiger partial charge on any atom is 0.150 e. The molecule has 0 amide bonds. The highest BCUT2D eigenvalue weighted by Crippen LogP contribution is 2.29. The summed E-state index contributed by atoms with van der Waals surface area (Å²) < 4.78 is 0. The Morgan fingerprint density at radius 3 is 2.06 bits per heavy atom. The molecule has 0 N–H and O–H groups in total. The highest BCUT2D eigenvalue weighted by Gasteiger charge is 2.26. The highest BCUT2D eigenvalue weighted by atomic mass is 16.1. The van der Waals surface area contributed by atoms with E-state index in [0.29, 0.717) is 24.7 Å². The van der Waals surface area contributed by atoms with Crippen LogP contribution in [0.2, 0.25) is 0 Å². The van der Waals surface area contributed by atoms with Crippen LogP contribution in [0.5, 0.6) is 0 Å². The van der Waals surface area contributed by atoms with E-state index in [1.807, 2.05) is 13.8 Å². The lowest BCUT2D eigenvalue weighted by Crippen LogP contribution is -2.24. The Hall–Kier alpha value is -0.840. The minimum absolute atomic E-state index is 0.110. The molecule has 2 nitrogen and oxygen atoms in total. The molecule has 0 heterocycles. The Morgan fingerprint density at radius 1 is 1.25 bits per heavy atom. The zero-order chi connectivity index (χ0) is 12.9. The lowest BCUT2D eigenvalue weighted by molar-refractivity contribution is -0.123. The lowest BCUT2D eigenvalue weighted by Gasteiger charge is -2.27. The molecule has 92 valence electrons. The van der Waals surface area contributed by atoms with Crippen LogP contribution in [-0.4, -0.2) is 5.78 Å². The van der Waals surface area contributed by atoms with Gasteiger partial charge in [-0.3, -0.25) is 4.79 Å². The Labute approximate surface area is 100 Å². The van der Waals surface area contributed by atoms with E-state index in [1.54, 1.807) is 0 Å². The van der Waals surface area contributed by atoms with Crippen molar-refractivity contribution in [3.8, 4) is 6.07 Å². The van der Waals surface area contributed by atoms with Crippen molar-refractivity contribution in [2.45, 2.75) is 54.4 Å². The van der Waals surface area contributed by atoms with E-state index < -0.39 is 5.92 Å². The Balaban J connectivity index is 4.40. The summed E-state index contributed by atoms with van der Waals surface area (Å²) in [5.74, 6) is 0.421. The maximum absolute atomic E-state index is 11.9. The summed E-state index contributed by atoms with van der Waals surface area (Å²) >= 11 is 0. The van der Waals surface area contributed by atoms with Crippen LogP contribution in [-0.2, 0) is 4.79 Å². The van der Waals surface area contributed by atoms with E-state index in [2.05, 4.69) is 33.8 Å². The zero-order valence-electron chi connectivity index (χ0n) is 11.5. The summed E-state index contributed by atoms with van der Waals surface area (Å²) in [6.07, 6.45) is 1.21. The van der Waals surface area contributed by atoms with Crippen LogP contribution in [0.3, 0.4) is 0 Å². The number of carbonyl (C=O) groups excluding carboxylic acids is 1. The topological polar surface area (TPSA) is 40.9 Å². The minimum Gasteiger partial charge on any atom is -0.298 e. The van der Waals surface area contributed by atoms with Crippen LogP contribution in [0, 0.1) is 34.5 Å². The van der Waals surface area contributed by atoms with Gasteiger partial charge in [0.05, 0.1) is 6.07 Å². The molecule has 0 spiro atoms. The SMILES string of the molecule is CC(C)CC(C#N)C(=O)CC(C)C(C)(C)C. The summed E-state index contributed by atoms with van der Waals surface area (Å²) in [6, 6.07) is 2.14. The number of carbonyl (C=O) groups is 1. The van der Waals surface area contributed by atoms with Gasteiger partial charge in [0.1, 0.15) is 11.7 Å². The highest BCUT2D eigenvalue weighted by molar-refractivity contribution is 5.83. The zero-order valence-corrected chi connectivity index (χ0v) is 11.5. The predicted octanol–water partition coefficient (Wildman–Crippen LogP) is 3.81. The number of rotatable bonds is 5. The molecule has 0 aromatic heterocycles. The average Bonchev–Trinajstić information content (AvgIpc) is 2.11. The molecule has 0 aromatic carbocycles. The molecule has 0 fully saturated rings. The van der Waals surface area contributed by atoms with Crippen LogP contribution in [0.1, 0.15) is 54.4 Å². The summed E-state index contributed by atoms with van der Waals surface area (Å²) in [6.45, 7) is 12.6. The molecular formula is C14H25NO. The molecule has 0 aliphatic heterocycles. The summed E-state index contributed by atoms with van der Waals surface area (Å²) in [5.41, 5.74) is 0.132. The molecule has 2 unspecified atom stereocenters. The van der Waals surface area contributed by atoms with Crippen molar-refractivity contribution in [2.75, 3.05) is 0 Å². The quantitative estimate of drug-likeness (QED) is 0.711. The van der Waals surface area contributed by atoms with Crippen molar-refractivity contribution in [3.63, 3.8) is 0 Å². The van der Waals surface area contributed by atoms with Gasteiger partial charge in [0.25, 0.3) is 0 Å². The van der Waals surface area contributed by atoms with Gasteiger partial charge < -0.3 is 0 Å². The fraction of sp³-hybridized carbons (Fsp3) is 0.857. The van der Waals surface area contributed by atoms with Crippen LogP contribution >= 0.6 is 0 Å². The molecule has 0 saturated carbocycles. The second-order valence-electron chi connectivity index (χ2n) is 6.25. The molecule has 16 heavy (non-hydrogen) atoms. The Bertz CT molecular complexity index is 267. The normalized spacial score (nSPS) is 15.6. The van der Waals surface area contributed by atoms with Gasteiger partial charge in [-0.2, -0.15) is 5.26 Å². The average molecular weight is 223 g/mol. The van der Waals surface area contributed by atoms with Gasteiger partial charge in [0.15, 0.2) is 0 Å². The molecule has 0 aliphatic rings. The molecule has 0 saturated heterocycles. The third-order valence-electron chi connectivity index (χ3n) is 3.24. The minimum atomic E-state index is -0.412. The first kappa shape index (κ1) is 15.2. The van der Waals surface area contributed by atoms with Crippen LogP contribution in [0.15, 0.2) is 0 Å². The van der Waals surface area contributed by atoms with Crippen molar-refractivity contribution in [3.05, 3.63) is 0 Å². The number of hydrogen-bond donors (Lipinski definition) is 0. The van der Waals surface area contributed by atoms with Crippen molar-refractivity contribution in [2.24, 2.45) is 23.2 Å². The maximum atomic E-state index is 11.9. The molecule has 2 heteroatoms. The number of Topliss-reactive ketones (excluding diaryl/α,β-unsaturated/α-hetero) is 1. The summed E-state index contributed by atoms with van der Waals surface area (Å²) in [5, 5.41) is 8.99. The molecule has 2 atom stereocenters. The van der Waals surface area contributed by atoms with E-state index in [-0.39, 0.29) is 11.2 Å². The fourth-order valence-electron chi connectivity index (χ4n) is 1.48. The monoisotopic (exact) mass is 223 g/mol. The molecular weight excluding hydrogens is 198 g/mol. The predicted molar refractivity (Wildman–Crippen MR) is 66.8 cm³/mol. The van der Waals surface area contributed by atoms with E-state index in [4.69, 9.17) is 5.26 Å². The van der Waals surface area contributed by atoms with Gasteiger partial charge >= 0.3 is 0 Å². The largest absolute Gasteiger partial charge is 0.298 e. The van der Waals surface area contributed by atoms with Crippen LogP contribution < -0.4 is 0 Å². The van der Waals surface area contributed by atoms with E-state index >= 15 is 0 Å². The smallest absolute Gasteiger partial charge is 0.150 e. The van der Waals surface area contributed by atoms with E-state index in [9.17, 15) is 4.79 Å². The van der Waals surface area contributed by atoms with Gasteiger partial charge in [-0.05, 0) is 23.7 Å². The van der Waals surface area contributed by atoms with Gasteiger partial charge in [0, 0.05) is 6.42 Å². The molecule has 0 rings (SSSR count). The van der Waals surface area contributed by atoms with Crippen LogP contribution in [0.25, 0.3) is 0 Å². The summed E-state index contributed by atoms with van der Waals surface area (Å²) in [4.78, 5) is 11.9. The first-order valence-electron chi connectivity index (χ1n) is 6.10. The van der Waals surface area contributed by atoms with Gasteiger partial charge in [-0.25, -0.2) is 0 Å². The standard InChI is InChI=1S/C14H25NO/c1-10(2)7-12(9-15)13(16)8-11(3)14(4,5)6/h10-12H,7-8H2,1-6H3. The van der Waals surface area contributed by atoms with Crippen molar-refractivity contribution in [1.82, 2.24) is 0 Å². The molecule has 0 bridgehead atoms. The van der Waals surface area contributed by atoms with Gasteiger partial charge in [-0.15, -0.1) is 0 Å². The molecule has 0 radical (unpaired) electrons. The third-order valence-corrected chi connectivity index (χ3v) is 3.24. The lowest BCUT2D eigenvalue weighted by atomic mass is 9.77. The van der Waals surface area contributed by atoms with Crippen molar-refractivity contribution >= 4 is 5.78 Å². The van der Waals surface area contributed by atoms with Crippen molar-refractivity contribution < 1.29 is 4.79 Å².